The van der Waals surface area contributed by atoms with Gasteiger partial charge in [0.25, 0.3) is 0 Å². The summed E-state index contributed by atoms with van der Waals surface area (Å²) in [6.45, 7) is 7.74. The predicted molar refractivity (Wildman–Crippen MR) is 90.4 cm³/mol. The van der Waals surface area contributed by atoms with Crippen molar-refractivity contribution in [3.05, 3.63) is 23.8 Å². The zero-order valence-electron chi connectivity index (χ0n) is 14.4. The third kappa shape index (κ3) is 4.09. The van der Waals surface area contributed by atoms with Gasteiger partial charge in [0.2, 0.25) is 5.91 Å². The second kappa shape index (κ2) is 8.00. The molecule has 2 aliphatic heterocycles. The van der Waals surface area contributed by atoms with Gasteiger partial charge in [0.05, 0.1) is 36.8 Å². The van der Waals surface area contributed by atoms with Crippen molar-refractivity contribution in [1.82, 2.24) is 24.7 Å². The van der Waals surface area contributed by atoms with E-state index in [2.05, 4.69) is 19.8 Å². The molecule has 2 aliphatic rings. The maximum Gasteiger partial charge on any atom is 0.237 e. The molecule has 24 heavy (non-hydrogen) atoms. The number of aromatic nitrogens is 2. The molecule has 0 aromatic carbocycles. The van der Waals surface area contributed by atoms with Crippen LogP contribution < -0.4 is 0 Å². The number of aryl methyl sites for hydroxylation is 1. The minimum absolute atomic E-state index is 0.0700. The van der Waals surface area contributed by atoms with Crippen molar-refractivity contribution in [2.45, 2.75) is 25.8 Å². The van der Waals surface area contributed by atoms with Crippen molar-refractivity contribution in [3.8, 4) is 0 Å². The van der Waals surface area contributed by atoms with Gasteiger partial charge in [-0.1, -0.05) is 0 Å². The zero-order chi connectivity index (χ0) is 16.9. The molecule has 1 amide bonds. The first-order chi connectivity index (χ1) is 11.7. The van der Waals surface area contributed by atoms with Crippen LogP contribution in [0.15, 0.2) is 12.4 Å². The number of β-amino-alcohol motifs (C(OH)–C–C–N with tert-alkyl or cyclic N) is 1. The number of hydrogen-bond acceptors (Lipinski definition) is 6. The van der Waals surface area contributed by atoms with Crippen molar-refractivity contribution >= 4 is 5.91 Å². The largest absolute Gasteiger partial charge is 0.395 e. The summed E-state index contributed by atoms with van der Waals surface area (Å²) in [7, 11) is 0. The molecular formula is C17H27N5O2. The average molecular weight is 333 g/mol. The molecule has 132 valence electrons. The summed E-state index contributed by atoms with van der Waals surface area (Å²) in [6, 6.07) is 0.0700. The van der Waals surface area contributed by atoms with Gasteiger partial charge in [-0.25, -0.2) is 0 Å². The second-order valence-corrected chi connectivity index (χ2v) is 6.67. The number of hydrogen-bond donors (Lipinski definition) is 1. The van der Waals surface area contributed by atoms with Gasteiger partial charge in [0.1, 0.15) is 0 Å². The van der Waals surface area contributed by atoms with Crippen LogP contribution in [0.3, 0.4) is 0 Å². The number of carbonyl (C=O) groups is 1. The molecule has 1 atom stereocenters. The Kier molecular flexibility index (Phi) is 5.76. The number of aliphatic hydroxyl groups is 1. The average Bonchev–Trinajstić information content (AvgIpc) is 3.07. The Bertz CT molecular complexity index is 560. The number of rotatable bonds is 5. The van der Waals surface area contributed by atoms with Crippen molar-refractivity contribution in [1.29, 1.82) is 0 Å². The van der Waals surface area contributed by atoms with E-state index in [9.17, 15) is 4.79 Å². The fourth-order valence-corrected chi connectivity index (χ4v) is 3.61. The van der Waals surface area contributed by atoms with Gasteiger partial charge in [-0.15, -0.1) is 0 Å². The Morgan fingerprint density at radius 3 is 2.67 bits per heavy atom. The molecule has 2 saturated heterocycles. The lowest BCUT2D eigenvalue weighted by atomic mass is 10.1. The van der Waals surface area contributed by atoms with Crippen LogP contribution >= 0.6 is 0 Å². The molecule has 0 saturated carbocycles. The summed E-state index contributed by atoms with van der Waals surface area (Å²) in [4.78, 5) is 28.0. The van der Waals surface area contributed by atoms with Crippen LogP contribution in [0.4, 0.5) is 0 Å². The summed E-state index contributed by atoms with van der Waals surface area (Å²) >= 11 is 0. The second-order valence-electron chi connectivity index (χ2n) is 6.67. The van der Waals surface area contributed by atoms with Gasteiger partial charge >= 0.3 is 0 Å². The molecule has 0 bridgehead atoms. The first-order valence-corrected chi connectivity index (χ1v) is 8.81. The van der Waals surface area contributed by atoms with Gasteiger partial charge < -0.3 is 10.0 Å². The topological polar surface area (TPSA) is 72.8 Å². The van der Waals surface area contributed by atoms with Crippen LogP contribution in [0.2, 0.25) is 0 Å². The first-order valence-electron chi connectivity index (χ1n) is 8.81. The molecule has 2 fully saturated rings. The van der Waals surface area contributed by atoms with Crippen LogP contribution in [0.5, 0.6) is 0 Å². The number of amides is 1. The molecule has 1 aromatic rings. The maximum absolute atomic E-state index is 12.8. The summed E-state index contributed by atoms with van der Waals surface area (Å²) < 4.78 is 0. The molecule has 3 rings (SSSR count). The maximum atomic E-state index is 12.8. The van der Waals surface area contributed by atoms with E-state index < -0.39 is 0 Å². The third-order valence-electron chi connectivity index (χ3n) is 4.93. The molecule has 7 nitrogen and oxygen atoms in total. The Hall–Kier alpha value is -1.57. The summed E-state index contributed by atoms with van der Waals surface area (Å²) in [5.74, 6) is 0.191. The zero-order valence-corrected chi connectivity index (χ0v) is 14.4. The molecule has 0 radical (unpaired) electrons. The van der Waals surface area contributed by atoms with E-state index in [4.69, 9.17) is 5.11 Å². The highest BCUT2D eigenvalue weighted by atomic mass is 16.3. The van der Waals surface area contributed by atoms with E-state index in [1.165, 1.54) is 0 Å². The Morgan fingerprint density at radius 1 is 1.21 bits per heavy atom. The van der Waals surface area contributed by atoms with Gasteiger partial charge in [-0.3, -0.25) is 24.6 Å². The van der Waals surface area contributed by atoms with E-state index in [0.29, 0.717) is 6.54 Å². The van der Waals surface area contributed by atoms with E-state index in [1.807, 2.05) is 11.8 Å². The van der Waals surface area contributed by atoms with Crippen molar-refractivity contribution in [2.24, 2.45) is 0 Å². The van der Waals surface area contributed by atoms with Gasteiger partial charge in [-0.05, 0) is 19.8 Å². The van der Waals surface area contributed by atoms with Crippen LogP contribution in [-0.2, 0) is 4.79 Å². The van der Waals surface area contributed by atoms with Crippen LogP contribution in [0, 0.1) is 6.92 Å². The van der Waals surface area contributed by atoms with Crippen LogP contribution in [0.1, 0.15) is 30.3 Å². The third-order valence-corrected chi connectivity index (χ3v) is 4.93. The molecule has 1 N–H and O–H groups in total. The highest BCUT2D eigenvalue weighted by molar-refractivity contribution is 5.79. The Morgan fingerprint density at radius 2 is 1.96 bits per heavy atom. The number of carbonyl (C=O) groups excluding carboxylic acids is 1. The lowest BCUT2D eigenvalue weighted by molar-refractivity contribution is -0.133. The summed E-state index contributed by atoms with van der Waals surface area (Å²) in [5, 5.41) is 9.00. The van der Waals surface area contributed by atoms with E-state index in [-0.39, 0.29) is 18.6 Å². The van der Waals surface area contributed by atoms with Crippen molar-refractivity contribution < 1.29 is 9.90 Å². The van der Waals surface area contributed by atoms with E-state index >= 15 is 0 Å². The minimum atomic E-state index is 0.0700. The molecule has 7 heteroatoms. The molecular weight excluding hydrogens is 306 g/mol. The van der Waals surface area contributed by atoms with Gasteiger partial charge in [0, 0.05) is 45.5 Å². The molecule has 0 spiro atoms. The van der Waals surface area contributed by atoms with Crippen molar-refractivity contribution in [2.75, 3.05) is 52.4 Å². The molecule has 1 unspecified atom stereocenters. The number of piperazine rings is 1. The monoisotopic (exact) mass is 333 g/mol. The van der Waals surface area contributed by atoms with Crippen LogP contribution in [0.25, 0.3) is 0 Å². The van der Waals surface area contributed by atoms with Crippen LogP contribution in [-0.4, -0.2) is 88.1 Å². The SMILES string of the molecule is Cc1cncc(C2CCCN2C(=O)CN2CCN(CCO)CC2)n1. The Labute approximate surface area is 143 Å². The lowest BCUT2D eigenvalue weighted by Crippen LogP contribution is -2.50. The number of likely N-dealkylation sites (tertiary alicyclic amines) is 1. The van der Waals surface area contributed by atoms with Gasteiger partial charge in [-0.2, -0.15) is 0 Å². The highest BCUT2D eigenvalue weighted by Gasteiger charge is 2.32. The fraction of sp³-hybridized carbons (Fsp3) is 0.706. The Balaban J connectivity index is 1.56. The minimum Gasteiger partial charge on any atom is -0.395 e. The van der Waals surface area contributed by atoms with E-state index in [1.54, 1.807) is 12.4 Å². The normalized spacial score (nSPS) is 22.9. The molecule has 1 aromatic heterocycles. The first kappa shape index (κ1) is 17.3. The predicted octanol–water partition coefficient (Wildman–Crippen LogP) is 0.0584. The van der Waals surface area contributed by atoms with Gasteiger partial charge in [0.15, 0.2) is 0 Å². The standard InChI is InChI=1S/C17H27N5O2/c1-14-11-18-12-15(19-14)16-3-2-4-22(16)17(24)13-21-7-5-20(6-8-21)9-10-23/h11-12,16,23H,2-10,13H2,1H3. The lowest BCUT2D eigenvalue weighted by Gasteiger charge is -2.35. The summed E-state index contributed by atoms with van der Waals surface area (Å²) in [6.07, 6.45) is 5.53. The number of nitrogens with zero attached hydrogens (tertiary/aromatic N) is 5. The van der Waals surface area contributed by atoms with Crippen molar-refractivity contribution in [3.63, 3.8) is 0 Å². The quantitative estimate of drug-likeness (QED) is 0.821. The smallest absolute Gasteiger partial charge is 0.237 e. The number of aliphatic hydroxyl groups excluding tert-OH is 1. The summed E-state index contributed by atoms with van der Waals surface area (Å²) in [5.41, 5.74) is 1.81. The highest BCUT2D eigenvalue weighted by Crippen LogP contribution is 2.30. The molecule has 0 aliphatic carbocycles. The van der Waals surface area contributed by atoms with E-state index in [0.717, 1.165) is 63.5 Å². The fourth-order valence-electron chi connectivity index (χ4n) is 3.61. The molecule has 3 heterocycles.